The second-order valence-corrected chi connectivity index (χ2v) is 11.6. The number of rotatable bonds is 6. The van der Waals surface area contributed by atoms with Gasteiger partial charge in [-0.05, 0) is 25.1 Å². The van der Waals surface area contributed by atoms with Crippen molar-refractivity contribution >= 4 is 14.3 Å². The summed E-state index contributed by atoms with van der Waals surface area (Å²) in [5.41, 5.74) is 0.269. The number of aliphatic hydroxyl groups is 1. The van der Waals surface area contributed by atoms with Crippen LogP contribution in [0.4, 0.5) is 0 Å². The predicted octanol–water partition coefficient (Wildman–Crippen LogP) is 3.12. The Labute approximate surface area is 124 Å². The lowest BCUT2D eigenvalue weighted by Gasteiger charge is -2.40. The number of carbonyl (C=O) groups excluding carboxylic acids is 1. The Morgan fingerprint density at radius 2 is 1.70 bits per heavy atom. The van der Waals surface area contributed by atoms with Gasteiger partial charge in [-0.25, -0.2) is 4.79 Å². The van der Waals surface area contributed by atoms with Gasteiger partial charge in [0.2, 0.25) is 0 Å². The number of ether oxygens (including phenoxy) is 1. The van der Waals surface area contributed by atoms with E-state index in [2.05, 4.69) is 45.2 Å². The minimum absolute atomic E-state index is 0.0730. The number of hydrogen-bond donors (Lipinski definition) is 1. The van der Waals surface area contributed by atoms with Crippen molar-refractivity contribution in [2.75, 3.05) is 7.11 Å². The lowest BCUT2D eigenvalue weighted by Crippen LogP contribution is -2.47. The van der Waals surface area contributed by atoms with Crippen LogP contribution in [0.15, 0.2) is 12.2 Å². The largest absolute Gasteiger partial charge is 0.466 e. The van der Waals surface area contributed by atoms with E-state index in [-0.39, 0.29) is 16.7 Å². The second kappa shape index (κ2) is 6.87. The van der Waals surface area contributed by atoms with Gasteiger partial charge in [0.1, 0.15) is 0 Å². The number of hydrogen-bond acceptors (Lipinski definition) is 4. The third-order valence-corrected chi connectivity index (χ3v) is 8.85. The summed E-state index contributed by atoms with van der Waals surface area (Å²) in [6.45, 7) is 18.0. The smallest absolute Gasteiger partial charge is 0.333 e. The molecule has 0 aliphatic carbocycles. The summed E-state index contributed by atoms with van der Waals surface area (Å²) >= 11 is 0. The number of carbonyl (C=O) groups is 1. The van der Waals surface area contributed by atoms with Crippen molar-refractivity contribution in [2.24, 2.45) is 5.92 Å². The van der Waals surface area contributed by atoms with Crippen LogP contribution >= 0.6 is 0 Å². The van der Waals surface area contributed by atoms with E-state index >= 15 is 0 Å². The fourth-order valence-electron chi connectivity index (χ4n) is 1.64. The zero-order chi connectivity index (χ0) is 16.3. The van der Waals surface area contributed by atoms with Gasteiger partial charge < -0.3 is 14.3 Å². The zero-order valence-electron chi connectivity index (χ0n) is 14.1. The first-order chi connectivity index (χ1) is 8.85. The first-order valence-electron chi connectivity index (χ1n) is 6.98. The Morgan fingerprint density at radius 3 is 2.05 bits per heavy atom. The van der Waals surface area contributed by atoms with Crippen molar-refractivity contribution in [1.29, 1.82) is 0 Å². The number of aliphatic hydroxyl groups excluding tert-OH is 1. The Morgan fingerprint density at radius 1 is 1.25 bits per heavy atom. The van der Waals surface area contributed by atoms with Crippen LogP contribution in [0.3, 0.4) is 0 Å². The molecule has 0 saturated carbocycles. The van der Waals surface area contributed by atoms with Crippen LogP contribution in [-0.2, 0) is 14.0 Å². The number of methoxy groups -OCH3 is 1. The first kappa shape index (κ1) is 19.3. The summed E-state index contributed by atoms with van der Waals surface area (Å²) in [7, 11) is -0.645. The second-order valence-electron chi connectivity index (χ2n) is 6.88. The molecule has 0 fully saturated rings. The molecule has 0 aliphatic rings. The molecule has 0 saturated heterocycles. The molecule has 118 valence electrons. The molecule has 0 aromatic heterocycles. The van der Waals surface area contributed by atoms with Crippen molar-refractivity contribution in [2.45, 2.75) is 65.0 Å². The molecule has 4 nitrogen and oxygen atoms in total. The predicted molar refractivity (Wildman–Crippen MR) is 84.1 cm³/mol. The Balaban J connectivity index is 4.83. The molecule has 0 rings (SSSR count). The number of esters is 1. The van der Waals surface area contributed by atoms with Crippen LogP contribution in [-0.4, -0.2) is 38.7 Å². The summed E-state index contributed by atoms with van der Waals surface area (Å²) in [6.07, 6.45) is -1.14. The molecule has 0 unspecified atom stereocenters. The Hall–Kier alpha value is -0.653. The van der Waals surface area contributed by atoms with Crippen molar-refractivity contribution in [3.63, 3.8) is 0 Å². The Kier molecular flexibility index (Phi) is 6.65. The molecule has 20 heavy (non-hydrogen) atoms. The summed E-state index contributed by atoms with van der Waals surface area (Å²) < 4.78 is 10.8. The molecule has 0 aromatic rings. The van der Waals surface area contributed by atoms with Crippen LogP contribution < -0.4 is 0 Å². The third kappa shape index (κ3) is 4.72. The lowest BCUT2D eigenvalue weighted by molar-refractivity contribution is -0.137. The molecule has 5 heteroatoms. The van der Waals surface area contributed by atoms with E-state index in [0.717, 1.165) is 0 Å². The minimum atomic E-state index is -1.95. The molecular formula is C15H30O4Si. The van der Waals surface area contributed by atoms with E-state index in [1.165, 1.54) is 7.11 Å². The van der Waals surface area contributed by atoms with Crippen molar-refractivity contribution in [3.8, 4) is 0 Å². The molecule has 0 aromatic carbocycles. The normalized spacial score (nSPS) is 17.2. The van der Waals surface area contributed by atoms with Crippen molar-refractivity contribution in [3.05, 3.63) is 12.2 Å². The minimum Gasteiger partial charge on any atom is -0.466 e. The van der Waals surface area contributed by atoms with E-state index in [1.807, 2.05) is 6.92 Å². The van der Waals surface area contributed by atoms with Crippen molar-refractivity contribution < 1.29 is 19.1 Å². The fourth-order valence-corrected chi connectivity index (χ4v) is 3.06. The topological polar surface area (TPSA) is 55.8 Å². The summed E-state index contributed by atoms with van der Waals surface area (Å²) in [5, 5.41) is 10.4. The van der Waals surface area contributed by atoms with Crippen LogP contribution in [0.1, 0.15) is 34.6 Å². The van der Waals surface area contributed by atoms with Gasteiger partial charge >= 0.3 is 5.97 Å². The van der Waals surface area contributed by atoms with Gasteiger partial charge in [0.15, 0.2) is 8.32 Å². The average Bonchev–Trinajstić information content (AvgIpc) is 2.32. The van der Waals surface area contributed by atoms with Gasteiger partial charge in [-0.3, -0.25) is 0 Å². The van der Waals surface area contributed by atoms with E-state index in [1.54, 1.807) is 6.92 Å². The van der Waals surface area contributed by atoms with Gasteiger partial charge in [-0.1, -0.05) is 34.3 Å². The highest BCUT2D eigenvalue weighted by atomic mass is 28.4. The van der Waals surface area contributed by atoms with Gasteiger partial charge in [-0.2, -0.15) is 0 Å². The highest BCUT2D eigenvalue weighted by Gasteiger charge is 2.40. The van der Waals surface area contributed by atoms with Gasteiger partial charge in [-0.15, -0.1) is 0 Å². The molecule has 0 radical (unpaired) electrons. The first-order valence-corrected chi connectivity index (χ1v) is 9.89. The van der Waals surface area contributed by atoms with Gasteiger partial charge in [0.05, 0.1) is 19.3 Å². The summed E-state index contributed by atoms with van der Waals surface area (Å²) in [5.74, 6) is -0.890. The molecule has 0 heterocycles. The molecule has 0 amide bonds. The fraction of sp³-hybridized carbons (Fsp3) is 0.800. The summed E-state index contributed by atoms with van der Waals surface area (Å²) in [6, 6.07) is 0. The van der Waals surface area contributed by atoms with E-state index in [9.17, 15) is 9.90 Å². The quantitative estimate of drug-likeness (QED) is 0.465. The van der Waals surface area contributed by atoms with E-state index in [4.69, 9.17) is 4.43 Å². The van der Waals surface area contributed by atoms with E-state index < -0.39 is 26.3 Å². The highest BCUT2D eigenvalue weighted by molar-refractivity contribution is 6.74. The van der Waals surface area contributed by atoms with Crippen LogP contribution in [0.2, 0.25) is 18.1 Å². The van der Waals surface area contributed by atoms with Crippen molar-refractivity contribution in [1.82, 2.24) is 0 Å². The highest BCUT2D eigenvalue weighted by Crippen LogP contribution is 2.38. The maximum atomic E-state index is 11.5. The van der Waals surface area contributed by atoms with Crippen LogP contribution in [0.25, 0.3) is 0 Å². The lowest BCUT2D eigenvalue weighted by atomic mass is 9.93. The SMILES string of the molecule is C=C(C(=O)OC)[C@H](C)[C@H](O)[C@@H](C)O[Si](C)(C)C(C)(C)C. The monoisotopic (exact) mass is 302 g/mol. The van der Waals surface area contributed by atoms with E-state index in [0.29, 0.717) is 0 Å². The molecule has 0 aliphatic heterocycles. The molecule has 0 spiro atoms. The Bertz CT molecular complexity index is 357. The zero-order valence-corrected chi connectivity index (χ0v) is 15.1. The summed E-state index contributed by atoms with van der Waals surface area (Å²) in [4.78, 5) is 11.5. The maximum Gasteiger partial charge on any atom is 0.333 e. The standard InChI is InChI=1S/C15H30O4Si/c1-10(11(2)14(17)18-7)13(16)12(3)19-20(8,9)15(4,5)6/h10,12-13,16H,2H2,1,3-9H3/t10-,12+,13-/m0/s1. The molecular weight excluding hydrogens is 272 g/mol. The average molecular weight is 302 g/mol. The van der Waals surface area contributed by atoms with Gasteiger partial charge in [0.25, 0.3) is 0 Å². The third-order valence-electron chi connectivity index (χ3n) is 4.28. The van der Waals surface area contributed by atoms with Crippen LogP contribution in [0, 0.1) is 5.92 Å². The molecule has 0 bridgehead atoms. The van der Waals surface area contributed by atoms with Crippen LogP contribution in [0.5, 0.6) is 0 Å². The van der Waals surface area contributed by atoms with Gasteiger partial charge in [0, 0.05) is 11.5 Å². The molecule has 1 N–H and O–H groups in total. The maximum absolute atomic E-state index is 11.5. The molecule has 3 atom stereocenters.